The number of thioether (sulfide) groups is 1. The average Bonchev–Trinajstić information content (AvgIpc) is 3.41. The number of fused-ring (bicyclic) bond motifs is 1. The first-order valence-electron chi connectivity index (χ1n) is 12.8. The number of nitrogens with one attached hydrogen (secondary N) is 4. The van der Waals surface area contributed by atoms with Crippen LogP contribution in [0.25, 0.3) is 17.0 Å². The Kier molecular flexibility index (Phi) is 9.28. The van der Waals surface area contributed by atoms with Crippen LogP contribution in [0, 0.1) is 0 Å². The van der Waals surface area contributed by atoms with Crippen LogP contribution in [0.15, 0.2) is 114 Å². The van der Waals surface area contributed by atoms with Gasteiger partial charge in [0.25, 0.3) is 11.8 Å². The summed E-state index contributed by atoms with van der Waals surface area (Å²) in [7, 11) is 0. The van der Waals surface area contributed by atoms with E-state index in [0.29, 0.717) is 22.0 Å². The lowest BCUT2D eigenvalue weighted by molar-refractivity contribution is -0.114. The van der Waals surface area contributed by atoms with Crippen LogP contribution in [-0.4, -0.2) is 28.5 Å². The molecule has 210 valence electrons. The molecule has 0 bridgehead atoms. The van der Waals surface area contributed by atoms with E-state index in [-0.39, 0.29) is 22.4 Å². The van der Waals surface area contributed by atoms with Crippen LogP contribution in [0.1, 0.15) is 15.9 Å². The van der Waals surface area contributed by atoms with E-state index in [2.05, 4.69) is 20.9 Å². The molecular weight excluding hydrogens is 591 g/mol. The fourth-order valence-corrected chi connectivity index (χ4v) is 5.21. The van der Waals surface area contributed by atoms with Crippen molar-refractivity contribution in [2.75, 3.05) is 16.4 Å². The molecule has 1 aromatic heterocycles. The van der Waals surface area contributed by atoms with Gasteiger partial charge in [0.15, 0.2) is 0 Å². The highest BCUT2D eigenvalue weighted by molar-refractivity contribution is 8.00. The molecule has 0 saturated carbocycles. The number of halogens is 2. The SMILES string of the molecule is O=C(CSc1cccc(NC(=O)/C(=C/c2c[nH]c3ccccc23)NC(=O)c2ccccc2)c1)Nc1cccc(Cl)c1Cl. The number of aromatic amines is 1. The number of rotatable bonds is 9. The maximum Gasteiger partial charge on any atom is 0.272 e. The van der Waals surface area contributed by atoms with E-state index in [1.165, 1.54) is 11.8 Å². The van der Waals surface area contributed by atoms with Gasteiger partial charge >= 0.3 is 0 Å². The van der Waals surface area contributed by atoms with Crippen molar-refractivity contribution in [3.63, 3.8) is 0 Å². The third-order valence-corrected chi connectivity index (χ3v) is 7.95. The average molecular weight is 616 g/mol. The summed E-state index contributed by atoms with van der Waals surface area (Å²) in [6, 6.07) is 28.5. The number of hydrogen-bond donors (Lipinski definition) is 4. The lowest BCUT2D eigenvalue weighted by Gasteiger charge is -2.12. The molecule has 0 aliphatic rings. The van der Waals surface area contributed by atoms with Gasteiger partial charge in [-0.15, -0.1) is 11.8 Å². The van der Waals surface area contributed by atoms with Crippen LogP contribution in [0.4, 0.5) is 11.4 Å². The summed E-state index contributed by atoms with van der Waals surface area (Å²) in [5.74, 6) is -1.06. The Balaban J connectivity index is 1.31. The van der Waals surface area contributed by atoms with Crippen LogP contribution in [0.3, 0.4) is 0 Å². The van der Waals surface area contributed by atoms with Crippen LogP contribution in [-0.2, 0) is 9.59 Å². The topological polar surface area (TPSA) is 103 Å². The second-order valence-electron chi connectivity index (χ2n) is 9.09. The molecule has 5 rings (SSSR count). The van der Waals surface area contributed by atoms with Gasteiger partial charge in [0, 0.05) is 38.8 Å². The van der Waals surface area contributed by atoms with Gasteiger partial charge in [0.1, 0.15) is 5.70 Å². The van der Waals surface area contributed by atoms with E-state index < -0.39 is 11.8 Å². The molecule has 0 saturated heterocycles. The molecule has 0 fully saturated rings. The fourth-order valence-electron chi connectivity index (χ4n) is 4.11. The van der Waals surface area contributed by atoms with Gasteiger partial charge in [-0.2, -0.15) is 0 Å². The molecule has 0 aliphatic carbocycles. The maximum atomic E-state index is 13.5. The van der Waals surface area contributed by atoms with Crippen LogP contribution in [0.2, 0.25) is 10.0 Å². The summed E-state index contributed by atoms with van der Waals surface area (Å²) < 4.78 is 0. The molecule has 4 N–H and O–H groups in total. The summed E-state index contributed by atoms with van der Waals surface area (Å²) in [6.45, 7) is 0. The molecule has 1 heterocycles. The Morgan fingerprint density at radius 2 is 1.60 bits per heavy atom. The van der Waals surface area contributed by atoms with Crippen molar-refractivity contribution < 1.29 is 14.4 Å². The van der Waals surface area contributed by atoms with Crippen LogP contribution < -0.4 is 16.0 Å². The molecule has 0 radical (unpaired) electrons. The number of H-pyrrole nitrogens is 1. The van der Waals surface area contributed by atoms with Gasteiger partial charge in [-0.05, 0) is 54.6 Å². The Hall–Kier alpha value is -4.50. The van der Waals surface area contributed by atoms with Crippen molar-refractivity contribution in [3.05, 3.63) is 130 Å². The normalized spacial score (nSPS) is 11.2. The summed E-state index contributed by atoms with van der Waals surface area (Å²) in [5.41, 5.74) is 3.09. The van der Waals surface area contributed by atoms with E-state index >= 15 is 0 Å². The zero-order valence-corrected chi connectivity index (χ0v) is 24.3. The van der Waals surface area contributed by atoms with E-state index in [0.717, 1.165) is 21.4 Å². The zero-order chi connectivity index (χ0) is 29.5. The first-order valence-corrected chi connectivity index (χ1v) is 14.5. The van der Waals surface area contributed by atoms with Crippen molar-refractivity contribution >= 4 is 81.0 Å². The van der Waals surface area contributed by atoms with Crippen molar-refractivity contribution in [2.45, 2.75) is 4.90 Å². The highest BCUT2D eigenvalue weighted by Crippen LogP contribution is 2.30. The summed E-state index contributed by atoms with van der Waals surface area (Å²) in [6.07, 6.45) is 3.42. The van der Waals surface area contributed by atoms with Gasteiger partial charge in [0.2, 0.25) is 5.91 Å². The Morgan fingerprint density at radius 3 is 2.43 bits per heavy atom. The Bertz CT molecular complexity index is 1800. The second-order valence-corrected chi connectivity index (χ2v) is 10.9. The largest absolute Gasteiger partial charge is 0.361 e. The second kappa shape index (κ2) is 13.4. The first kappa shape index (κ1) is 29.0. The lowest BCUT2D eigenvalue weighted by atomic mass is 10.1. The van der Waals surface area contributed by atoms with Crippen molar-refractivity contribution in [2.24, 2.45) is 0 Å². The fraction of sp³-hybridized carbons (Fsp3) is 0.0312. The molecule has 4 aromatic carbocycles. The molecule has 5 aromatic rings. The number of aromatic nitrogens is 1. The van der Waals surface area contributed by atoms with Crippen molar-refractivity contribution in [1.29, 1.82) is 0 Å². The number of carbonyl (C=O) groups is 3. The molecule has 0 unspecified atom stereocenters. The number of benzene rings is 4. The highest BCUT2D eigenvalue weighted by Gasteiger charge is 2.17. The molecular formula is C32H24Cl2N4O3S. The van der Waals surface area contributed by atoms with E-state index in [1.54, 1.807) is 72.9 Å². The minimum absolute atomic E-state index is 0.0736. The maximum absolute atomic E-state index is 13.5. The third-order valence-electron chi connectivity index (χ3n) is 6.14. The standard InChI is InChI=1S/C32H24Cl2N4O3S/c33-25-13-7-15-27(30(25)34)37-29(39)19-42-23-11-6-10-22(17-23)36-32(41)28(38-31(40)20-8-2-1-3-9-20)16-21-18-35-26-14-5-4-12-24(21)26/h1-18,35H,19H2,(H,36,41)(H,37,39)(H,38,40)/b28-16-. The minimum Gasteiger partial charge on any atom is -0.361 e. The predicted octanol–water partition coefficient (Wildman–Crippen LogP) is 7.62. The molecule has 7 nitrogen and oxygen atoms in total. The lowest BCUT2D eigenvalue weighted by Crippen LogP contribution is -2.30. The van der Waals surface area contributed by atoms with Gasteiger partial charge in [-0.1, -0.05) is 71.7 Å². The number of anilines is 2. The predicted molar refractivity (Wildman–Crippen MR) is 171 cm³/mol. The number of hydrogen-bond acceptors (Lipinski definition) is 4. The molecule has 42 heavy (non-hydrogen) atoms. The molecule has 0 spiro atoms. The summed E-state index contributed by atoms with van der Waals surface area (Å²) >= 11 is 13.5. The first-order chi connectivity index (χ1) is 20.4. The van der Waals surface area contributed by atoms with Crippen LogP contribution in [0.5, 0.6) is 0 Å². The number of carbonyl (C=O) groups excluding carboxylic acids is 3. The highest BCUT2D eigenvalue weighted by atomic mass is 35.5. The Labute approximate surface area is 256 Å². The number of amides is 3. The molecule has 10 heteroatoms. The monoisotopic (exact) mass is 614 g/mol. The van der Waals surface area contributed by atoms with Gasteiger partial charge < -0.3 is 20.9 Å². The molecule has 3 amide bonds. The van der Waals surface area contributed by atoms with Crippen molar-refractivity contribution in [1.82, 2.24) is 10.3 Å². The minimum atomic E-state index is -0.500. The van der Waals surface area contributed by atoms with E-state index in [1.807, 2.05) is 36.4 Å². The van der Waals surface area contributed by atoms with E-state index in [4.69, 9.17) is 23.2 Å². The van der Waals surface area contributed by atoms with Crippen molar-refractivity contribution in [3.8, 4) is 0 Å². The Morgan fingerprint density at radius 1 is 0.833 bits per heavy atom. The van der Waals surface area contributed by atoms with Gasteiger partial charge in [0.05, 0.1) is 21.5 Å². The van der Waals surface area contributed by atoms with Gasteiger partial charge in [-0.25, -0.2) is 0 Å². The molecule has 0 atom stereocenters. The smallest absolute Gasteiger partial charge is 0.272 e. The molecule has 0 aliphatic heterocycles. The quantitative estimate of drug-likeness (QED) is 0.101. The summed E-state index contributed by atoms with van der Waals surface area (Å²) in [5, 5.41) is 9.91. The van der Waals surface area contributed by atoms with Gasteiger partial charge in [-0.3, -0.25) is 14.4 Å². The summed E-state index contributed by atoms with van der Waals surface area (Å²) in [4.78, 5) is 42.9. The third kappa shape index (κ3) is 7.22. The van der Waals surface area contributed by atoms with Crippen LogP contribution >= 0.6 is 35.0 Å². The number of para-hydroxylation sites is 1. The zero-order valence-electron chi connectivity index (χ0n) is 22.0. The van der Waals surface area contributed by atoms with E-state index in [9.17, 15) is 14.4 Å².